The first kappa shape index (κ1) is 23.4. The van der Waals surface area contributed by atoms with Gasteiger partial charge < -0.3 is 9.64 Å². The highest BCUT2D eigenvalue weighted by atomic mass is 32.2. The van der Waals surface area contributed by atoms with Crippen molar-refractivity contribution < 1.29 is 17.9 Å². The molecule has 7 nitrogen and oxygen atoms in total. The Bertz CT molecular complexity index is 1270. The summed E-state index contributed by atoms with van der Waals surface area (Å²) in [5, 5.41) is 0.874. The molecule has 8 heteroatoms. The molecular formula is C25H31N3O4S. The summed E-state index contributed by atoms with van der Waals surface area (Å²) in [4.78, 5) is 19.7. The number of sulfonamides is 1. The first-order valence-corrected chi connectivity index (χ1v) is 13.0. The monoisotopic (exact) mass is 469 g/mol. The van der Waals surface area contributed by atoms with Crippen molar-refractivity contribution in [2.75, 3.05) is 37.9 Å². The first-order chi connectivity index (χ1) is 15.5. The molecule has 1 aliphatic carbocycles. The van der Waals surface area contributed by atoms with Crippen LogP contribution < -0.4 is 14.4 Å². The second-order valence-electron chi connectivity index (χ2n) is 9.87. The molecule has 1 saturated heterocycles. The number of anilines is 1. The highest BCUT2D eigenvalue weighted by molar-refractivity contribution is 7.88. The number of allylic oxidation sites excluding steroid dienone is 4. The molecule has 1 aromatic heterocycles. The topological polar surface area (TPSA) is 88.6 Å². The van der Waals surface area contributed by atoms with Gasteiger partial charge in [0.2, 0.25) is 10.0 Å². The summed E-state index contributed by atoms with van der Waals surface area (Å²) >= 11 is 0. The summed E-state index contributed by atoms with van der Waals surface area (Å²) in [5.74, 6) is 1.11. The van der Waals surface area contributed by atoms with E-state index in [9.17, 15) is 13.2 Å². The second-order valence-corrected chi connectivity index (χ2v) is 11.7. The molecule has 2 heterocycles. The highest BCUT2D eigenvalue weighted by Gasteiger charge is 2.30. The number of Topliss-reactive ketones (excluding diaryl/α,β-unsaturated/α-hetero) is 1. The predicted octanol–water partition coefficient (Wildman–Crippen LogP) is 3.44. The molecule has 2 aliphatic rings. The van der Waals surface area contributed by atoms with Crippen LogP contribution in [-0.4, -0.2) is 52.2 Å². The maximum atomic E-state index is 12.7. The number of fused-ring (bicyclic) bond motifs is 1. The minimum atomic E-state index is -3.19. The molecule has 2 aromatic rings. The van der Waals surface area contributed by atoms with Crippen LogP contribution in [0.25, 0.3) is 16.5 Å². The Balaban J connectivity index is 1.76. The Hall–Kier alpha value is -2.71. The summed E-state index contributed by atoms with van der Waals surface area (Å²) < 4.78 is 31.2. The highest BCUT2D eigenvalue weighted by Crippen LogP contribution is 2.42. The van der Waals surface area contributed by atoms with Crippen LogP contribution in [0.1, 0.15) is 38.3 Å². The third-order valence-electron chi connectivity index (χ3n) is 6.17. The lowest BCUT2D eigenvalue weighted by Crippen LogP contribution is -2.51. The zero-order valence-electron chi connectivity index (χ0n) is 19.8. The number of rotatable bonds is 6. The molecular weight excluding hydrogens is 438 g/mol. The van der Waals surface area contributed by atoms with Crippen LogP contribution >= 0.6 is 0 Å². The van der Waals surface area contributed by atoms with Crippen LogP contribution in [0.5, 0.6) is 5.75 Å². The molecule has 1 fully saturated rings. The average Bonchev–Trinajstić information content (AvgIpc) is 2.70. The number of carbonyl (C=O) groups excluding carboxylic acids is 1. The van der Waals surface area contributed by atoms with E-state index in [2.05, 4.69) is 36.5 Å². The molecule has 0 radical (unpaired) electrons. The SMILES string of the molecule is COc1c(C(C)(C)C)cc(C2=CC=CCC2=O)c2ncc(N3CC(CNS(C)(=O)=O)C3)cc12. The van der Waals surface area contributed by atoms with Gasteiger partial charge in [-0.05, 0) is 17.5 Å². The Morgan fingerprint density at radius 1 is 1.24 bits per heavy atom. The first-order valence-electron chi connectivity index (χ1n) is 11.1. The number of pyridine rings is 1. The minimum Gasteiger partial charge on any atom is -0.496 e. The van der Waals surface area contributed by atoms with Crippen LogP contribution in [-0.2, 0) is 20.2 Å². The van der Waals surface area contributed by atoms with Crippen molar-refractivity contribution in [1.82, 2.24) is 9.71 Å². The van der Waals surface area contributed by atoms with E-state index in [1.807, 2.05) is 30.5 Å². The summed E-state index contributed by atoms with van der Waals surface area (Å²) in [6.07, 6.45) is 9.04. The van der Waals surface area contributed by atoms with E-state index >= 15 is 0 Å². The van der Waals surface area contributed by atoms with Gasteiger partial charge in [-0.2, -0.15) is 0 Å². The van der Waals surface area contributed by atoms with Crippen molar-refractivity contribution in [2.24, 2.45) is 5.92 Å². The lowest BCUT2D eigenvalue weighted by Gasteiger charge is -2.41. The standard InChI is InChI=1S/C25H31N3O4S/c1-25(2,3)21-11-19(18-8-6-7-9-22(18)29)23-20(24(21)32-4)10-17(13-26-23)28-14-16(15-28)12-27-33(5,30)31/h6-8,10-11,13,16,27H,9,12,14-15H2,1-5H3. The molecule has 1 aromatic carbocycles. The van der Waals surface area contributed by atoms with Crippen molar-refractivity contribution in [2.45, 2.75) is 32.6 Å². The van der Waals surface area contributed by atoms with Crippen LogP contribution in [0.3, 0.4) is 0 Å². The van der Waals surface area contributed by atoms with Crippen molar-refractivity contribution in [1.29, 1.82) is 0 Å². The number of hydrogen-bond donors (Lipinski definition) is 1. The van der Waals surface area contributed by atoms with Gasteiger partial charge in [0, 0.05) is 54.1 Å². The molecule has 1 N–H and O–H groups in total. The second kappa shape index (κ2) is 8.57. The van der Waals surface area contributed by atoms with Gasteiger partial charge in [-0.3, -0.25) is 9.78 Å². The number of hydrogen-bond acceptors (Lipinski definition) is 6. The van der Waals surface area contributed by atoms with Crippen molar-refractivity contribution in [3.63, 3.8) is 0 Å². The van der Waals surface area contributed by atoms with Crippen LogP contribution in [0, 0.1) is 5.92 Å². The van der Waals surface area contributed by atoms with Crippen molar-refractivity contribution >= 4 is 38.0 Å². The zero-order valence-corrected chi connectivity index (χ0v) is 20.6. The Morgan fingerprint density at radius 3 is 2.58 bits per heavy atom. The predicted molar refractivity (Wildman–Crippen MR) is 132 cm³/mol. The maximum Gasteiger partial charge on any atom is 0.208 e. The third kappa shape index (κ3) is 4.82. The fourth-order valence-corrected chi connectivity index (χ4v) is 4.92. The normalized spacial score (nSPS) is 17.3. The number of nitrogens with zero attached hydrogens (tertiary/aromatic N) is 2. The number of benzene rings is 1. The molecule has 0 bridgehead atoms. The molecule has 176 valence electrons. The van der Waals surface area contributed by atoms with E-state index in [0.29, 0.717) is 18.5 Å². The van der Waals surface area contributed by atoms with Gasteiger partial charge >= 0.3 is 0 Å². The summed E-state index contributed by atoms with van der Waals surface area (Å²) in [7, 11) is -1.52. The quantitative estimate of drug-likeness (QED) is 0.697. The lowest BCUT2D eigenvalue weighted by atomic mass is 9.82. The average molecular weight is 470 g/mol. The largest absolute Gasteiger partial charge is 0.496 e. The Morgan fingerprint density at radius 2 is 1.97 bits per heavy atom. The van der Waals surface area contributed by atoms with Crippen LogP contribution in [0.15, 0.2) is 36.6 Å². The number of aromatic nitrogens is 1. The van der Waals surface area contributed by atoms with Crippen molar-refractivity contribution in [3.8, 4) is 5.75 Å². The number of ether oxygens (including phenoxy) is 1. The number of nitrogens with one attached hydrogen (secondary N) is 1. The molecule has 0 saturated carbocycles. The molecule has 4 rings (SSSR count). The summed E-state index contributed by atoms with van der Waals surface area (Å²) in [6.45, 7) is 8.31. The molecule has 33 heavy (non-hydrogen) atoms. The van der Waals surface area contributed by atoms with Crippen LogP contribution in [0.4, 0.5) is 5.69 Å². The molecule has 0 unspecified atom stereocenters. The Kier molecular flexibility index (Phi) is 6.09. The van der Waals surface area contributed by atoms with Gasteiger partial charge in [0.25, 0.3) is 0 Å². The number of ketones is 1. The fraction of sp³-hybridized carbons (Fsp3) is 0.440. The minimum absolute atomic E-state index is 0.0821. The van der Waals surface area contributed by atoms with E-state index in [-0.39, 0.29) is 17.1 Å². The number of carbonyl (C=O) groups is 1. The van der Waals surface area contributed by atoms with Crippen molar-refractivity contribution in [3.05, 3.63) is 47.7 Å². The smallest absolute Gasteiger partial charge is 0.208 e. The van der Waals surface area contributed by atoms with Gasteiger partial charge in [0.15, 0.2) is 5.78 Å². The van der Waals surface area contributed by atoms with Gasteiger partial charge in [-0.1, -0.05) is 39.0 Å². The molecule has 0 atom stereocenters. The molecule has 1 aliphatic heterocycles. The fourth-order valence-electron chi connectivity index (χ4n) is 4.38. The Labute approximate surface area is 195 Å². The van der Waals surface area contributed by atoms with Gasteiger partial charge in [0.1, 0.15) is 5.75 Å². The zero-order chi connectivity index (χ0) is 24.0. The van der Waals surface area contributed by atoms with Gasteiger partial charge in [0.05, 0.1) is 30.8 Å². The van der Waals surface area contributed by atoms with E-state index in [4.69, 9.17) is 9.72 Å². The number of methoxy groups -OCH3 is 1. The van der Waals surface area contributed by atoms with E-state index in [0.717, 1.165) is 46.6 Å². The summed E-state index contributed by atoms with van der Waals surface area (Å²) in [5.41, 5.74) is 4.03. The van der Waals surface area contributed by atoms with E-state index in [1.165, 1.54) is 6.26 Å². The lowest BCUT2D eigenvalue weighted by molar-refractivity contribution is -0.113. The maximum absolute atomic E-state index is 12.7. The van der Waals surface area contributed by atoms with Crippen LogP contribution in [0.2, 0.25) is 0 Å². The molecule has 0 spiro atoms. The molecule has 0 amide bonds. The third-order valence-corrected chi connectivity index (χ3v) is 6.86. The van der Waals surface area contributed by atoms with E-state index < -0.39 is 10.0 Å². The van der Waals surface area contributed by atoms with Gasteiger partial charge in [-0.15, -0.1) is 0 Å². The van der Waals surface area contributed by atoms with Gasteiger partial charge in [-0.25, -0.2) is 13.1 Å². The van der Waals surface area contributed by atoms with E-state index in [1.54, 1.807) is 7.11 Å². The summed E-state index contributed by atoms with van der Waals surface area (Å²) in [6, 6.07) is 4.12.